The zero-order chi connectivity index (χ0) is 22.3. The van der Waals surface area contributed by atoms with Crippen molar-refractivity contribution in [3.05, 3.63) is 35.4 Å². The Morgan fingerprint density at radius 3 is 2.13 bits per heavy atom. The zero-order valence-electron chi connectivity index (χ0n) is 17.6. The molecule has 2 saturated heterocycles. The van der Waals surface area contributed by atoms with Crippen LogP contribution in [0.2, 0.25) is 0 Å². The molecule has 0 N–H and O–H groups in total. The van der Waals surface area contributed by atoms with Crippen LogP contribution in [0.3, 0.4) is 0 Å². The van der Waals surface area contributed by atoms with Crippen molar-refractivity contribution in [2.75, 3.05) is 13.1 Å². The summed E-state index contributed by atoms with van der Waals surface area (Å²) in [6, 6.07) is 5.11. The van der Waals surface area contributed by atoms with Gasteiger partial charge in [0.05, 0.1) is 11.1 Å². The fraction of sp³-hybridized carbons (Fsp3) is 0.500. The first-order chi connectivity index (χ1) is 14.7. The van der Waals surface area contributed by atoms with E-state index in [4.69, 9.17) is 4.84 Å². The summed E-state index contributed by atoms with van der Waals surface area (Å²) in [5.74, 6) is -3.45. The van der Waals surface area contributed by atoms with Crippen LogP contribution in [0.1, 0.15) is 66.7 Å². The molecular formula is C22H25N3O6. The Morgan fingerprint density at radius 1 is 0.968 bits per heavy atom. The zero-order valence-corrected chi connectivity index (χ0v) is 17.6. The van der Waals surface area contributed by atoms with Crippen molar-refractivity contribution in [3.8, 4) is 0 Å². The Bertz CT molecular complexity index is 931. The van der Waals surface area contributed by atoms with Gasteiger partial charge >= 0.3 is 5.97 Å². The topological polar surface area (TPSA) is 104 Å². The summed E-state index contributed by atoms with van der Waals surface area (Å²) in [5.41, 5.74) is -0.595. The molecule has 164 valence electrons. The minimum absolute atomic E-state index is 0.00724. The summed E-state index contributed by atoms with van der Waals surface area (Å²) in [6.45, 7) is 4.84. The van der Waals surface area contributed by atoms with Crippen LogP contribution < -0.4 is 0 Å². The highest BCUT2D eigenvalue weighted by Crippen LogP contribution is 2.30. The number of likely N-dealkylation sites (tertiary alicyclic amines) is 1. The highest BCUT2D eigenvalue weighted by molar-refractivity contribution is 6.23. The third-order valence-electron chi connectivity index (χ3n) is 6.30. The number of amides is 4. The summed E-state index contributed by atoms with van der Waals surface area (Å²) in [4.78, 5) is 72.0. The molecular weight excluding hydrogens is 402 g/mol. The molecule has 3 heterocycles. The van der Waals surface area contributed by atoms with E-state index in [1.165, 1.54) is 12.1 Å². The SMILES string of the molecule is CC(C)(C(=O)ON1C(=O)CC[C@H](N2C(=O)c3ccccc3C2=O)C1=O)N1CCCCC1. The lowest BCUT2D eigenvalue weighted by atomic mass is 9.99. The predicted molar refractivity (Wildman–Crippen MR) is 107 cm³/mol. The first kappa shape index (κ1) is 21.2. The molecule has 1 atom stereocenters. The molecule has 0 bridgehead atoms. The van der Waals surface area contributed by atoms with Gasteiger partial charge in [-0.1, -0.05) is 18.6 Å². The molecule has 0 saturated carbocycles. The van der Waals surface area contributed by atoms with E-state index in [1.807, 2.05) is 4.90 Å². The van der Waals surface area contributed by atoms with Gasteiger partial charge in [-0.2, -0.15) is 0 Å². The third-order valence-corrected chi connectivity index (χ3v) is 6.30. The number of carbonyl (C=O) groups is 5. The number of hydroxylamine groups is 2. The summed E-state index contributed by atoms with van der Waals surface area (Å²) < 4.78 is 0. The van der Waals surface area contributed by atoms with Crippen molar-refractivity contribution in [3.63, 3.8) is 0 Å². The maximum atomic E-state index is 13.1. The van der Waals surface area contributed by atoms with Crippen LogP contribution in [0.4, 0.5) is 0 Å². The third kappa shape index (κ3) is 3.52. The van der Waals surface area contributed by atoms with Crippen molar-refractivity contribution < 1.29 is 28.8 Å². The molecule has 1 aromatic carbocycles. The quantitative estimate of drug-likeness (QED) is 0.671. The number of hydrogen-bond donors (Lipinski definition) is 0. The molecule has 3 aliphatic rings. The number of fused-ring (bicyclic) bond motifs is 1. The van der Waals surface area contributed by atoms with Gasteiger partial charge in [0.2, 0.25) is 0 Å². The van der Waals surface area contributed by atoms with Gasteiger partial charge in [-0.05, 0) is 58.3 Å². The van der Waals surface area contributed by atoms with Crippen LogP contribution in [-0.4, -0.2) is 69.1 Å². The largest absolute Gasteiger partial charge is 0.352 e. The number of carbonyl (C=O) groups excluding carboxylic acids is 5. The average molecular weight is 427 g/mol. The van der Waals surface area contributed by atoms with E-state index in [1.54, 1.807) is 26.0 Å². The van der Waals surface area contributed by atoms with Crippen molar-refractivity contribution in [2.45, 2.75) is 57.5 Å². The maximum absolute atomic E-state index is 13.1. The Morgan fingerprint density at radius 2 is 1.55 bits per heavy atom. The lowest BCUT2D eigenvalue weighted by molar-refractivity contribution is -0.214. The Hall–Kier alpha value is -3.07. The number of nitrogens with zero attached hydrogens (tertiary/aromatic N) is 3. The summed E-state index contributed by atoms with van der Waals surface area (Å²) >= 11 is 0. The average Bonchev–Trinajstić information content (AvgIpc) is 3.02. The van der Waals surface area contributed by atoms with Gasteiger partial charge in [0.1, 0.15) is 11.6 Å². The molecule has 0 unspecified atom stereocenters. The van der Waals surface area contributed by atoms with Crippen molar-refractivity contribution >= 4 is 29.6 Å². The van der Waals surface area contributed by atoms with Crippen LogP contribution in [0, 0.1) is 0 Å². The molecule has 2 fully saturated rings. The molecule has 31 heavy (non-hydrogen) atoms. The van der Waals surface area contributed by atoms with Crippen LogP contribution in [-0.2, 0) is 19.2 Å². The Kier molecular flexibility index (Phi) is 5.38. The molecule has 4 rings (SSSR count). The van der Waals surface area contributed by atoms with Gasteiger partial charge in [0.25, 0.3) is 23.6 Å². The van der Waals surface area contributed by atoms with Crippen molar-refractivity contribution in [2.24, 2.45) is 0 Å². The van der Waals surface area contributed by atoms with Gasteiger partial charge in [0, 0.05) is 6.42 Å². The van der Waals surface area contributed by atoms with E-state index in [2.05, 4.69) is 0 Å². The molecule has 9 nitrogen and oxygen atoms in total. The maximum Gasteiger partial charge on any atom is 0.352 e. The van der Waals surface area contributed by atoms with E-state index in [-0.39, 0.29) is 24.0 Å². The lowest BCUT2D eigenvalue weighted by Crippen LogP contribution is -2.59. The second kappa shape index (κ2) is 7.88. The smallest absolute Gasteiger partial charge is 0.328 e. The van der Waals surface area contributed by atoms with Crippen LogP contribution in [0.25, 0.3) is 0 Å². The predicted octanol–water partition coefficient (Wildman–Crippen LogP) is 1.52. The summed E-state index contributed by atoms with van der Waals surface area (Å²) in [5, 5.41) is 0.436. The number of benzene rings is 1. The van der Waals surface area contributed by atoms with Crippen LogP contribution in [0.5, 0.6) is 0 Å². The number of rotatable bonds is 4. The highest BCUT2D eigenvalue weighted by atomic mass is 16.7. The lowest BCUT2D eigenvalue weighted by Gasteiger charge is -2.40. The fourth-order valence-corrected chi connectivity index (χ4v) is 4.35. The first-order valence-corrected chi connectivity index (χ1v) is 10.5. The summed E-state index contributed by atoms with van der Waals surface area (Å²) in [6.07, 6.45) is 2.88. The normalized spacial score (nSPS) is 22.7. The van der Waals surface area contributed by atoms with Gasteiger partial charge in [-0.15, -0.1) is 5.06 Å². The van der Waals surface area contributed by atoms with Crippen LogP contribution >= 0.6 is 0 Å². The molecule has 1 aromatic rings. The first-order valence-electron chi connectivity index (χ1n) is 10.5. The second-order valence-corrected chi connectivity index (χ2v) is 8.59. The number of imide groups is 2. The standard InChI is InChI=1S/C22H25N3O6/c1-22(2,23-12-6-3-7-13-23)21(30)31-25-17(26)11-10-16(20(25)29)24-18(27)14-8-4-5-9-15(14)19(24)28/h4-5,8-9,16H,3,6-7,10-13H2,1-2H3/t16-/m0/s1. The van der Waals surface area contributed by atoms with Crippen molar-refractivity contribution in [1.82, 2.24) is 14.9 Å². The fourth-order valence-electron chi connectivity index (χ4n) is 4.35. The summed E-state index contributed by atoms with van der Waals surface area (Å²) in [7, 11) is 0. The molecule has 4 amide bonds. The minimum Gasteiger partial charge on any atom is -0.328 e. The van der Waals surface area contributed by atoms with E-state index in [0.717, 1.165) is 37.3 Å². The Balaban J connectivity index is 1.53. The molecule has 0 radical (unpaired) electrons. The van der Waals surface area contributed by atoms with E-state index >= 15 is 0 Å². The van der Waals surface area contributed by atoms with E-state index in [9.17, 15) is 24.0 Å². The van der Waals surface area contributed by atoms with Crippen molar-refractivity contribution in [1.29, 1.82) is 0 Å². The Labute approximate surface area is 179 Å². The minimum atomic E-state index is -1.20. The van der Waals surface area contributed by atoms with Gasteiger partial charge in [-0.3, -0.25) is 29.0 Å². The van der Waals surface area contributed by atoms with Crippen LogP contribution in [0.15, 0.2) is 24.3 Å². The monoisotopic (exact) mass is 427 g/mol. The van der Waals surface area contributed by atoms with Gasteiger partial charge in [0.15, 0.2) is 0 Å². The molecule has 0 aliphatic carbocycles. The molecule has 3 aliphatic heterocycles. The van der Waals surface area contributed by atoms with Gasteiger partial charge in [-0.25, -0.2) is 4.79 Å². The second-order valence-electron chi connectivity index (χ2n) is 8.59. The highest BCUT2D eigenvalue weighted by Gasteiger charge is 2.49. The molecule has 0 spiro atoms. The van der Waals surface area contributed by atoms with Gasteiger partial charge < -0.3 is 4.84 Å². The van der Waals surface area contributed by atoms with E-state index < -0.39 is 41.2 Å². The molecule has 0 aromatic heterocycles. The number of hydrogen-bond acceptors (Lipinski definition) is 7. The van der Waals surface area contributed by atoms with E-state index in [0.29, 0.717) is 5.06 Å². The number of piperidine rings is 2. The molecule has 9 heteroatoms.